The zero-order valence-corrected chi connectivity index (χ0v) is 12.5. The number of nitrogens with one attached hydrogen (secondary N) is 1. The summed E-state index contributed by atoms with van der Waals surface area (Å²) < 4.78 is 10.7. The maximum absolute atomic E-state index is 12.6. The number of carbonyl (C=O) groups excluding carboxylic acids is 1. The fourth-order valence-electron chi connectivity index (χ4n) is 4.92. The molecule has 0 spiro atoms. The maximum Gasteiger partial charge on any atom is 0.251 e. The average molecular weight is 300 g/mol. The van der Waals surface area contributed by atoms with Crippen molar-refractivity contribution in [2.24, 2.45) is 17.8 Å². The third-order valence-electron chi connectivity index (χ3n) is 5.72. The summed E-state index contributed by atoms with van der Waals surface area (Å²) in [6.45, 7) is 3.82. The van der Waals surface area contributed by atoms with Gasteiger partial charge in [-0.2, -0.15) is 0 Å². The Morgan fingerprint density at radius 1 is 1.09 bits per heavy atom. The highest BCUT2D eigenvalue weighted by atomic mass is 16.7. The Labute approximate surface area is 129 Å². The number of rotatable bonds is 2. The minimum atomic E-state index is 0.0192. The first-order chi connectivity index (χ1) is 10.8. The summed E-state index contributed by atoms with van der Waals surface area (Å²) in [6.07, 6.45) is 2.55. The number of carbonyl (C=O) groups is 1. The van der Waals surface area contributed by atoms with Gasteiger partial charge >= 0.3 is 0 Å². The van der Waals surface area contributed by atoms with Crippen LogP contribution in [0, 0.1) is 17.8 Å². The van der Waals surface area contributed by atoms with Crippen LogP contribution in [0.15, 0.2) is 18.2 Å². The molecular formula is C17H20N2O3. The van der Waals surface area contributed by atoms with Gasteiger partial charge in [0, 0.05) is 31.2 Å². The fourth-order valence-corrected chi connectivity index (χ4v) is 4.92. The second-order valence-electron chi connectivity index (χ2n) is 7.14. The summed E-state index contributed by atoms with van der Waals surface area (Å²) in [5, 5.41) is 3.31. The van der Waals surface area contributed by atoms with Crippen LogP contribution in [-0.2, 0) is 0 Å². The summed E-state index contributed by atoms with van der Waals surface area (Å²) in [6, 6.07) is 5.77. The van der Waals surface area contributed by atoms with Crippen molar-refractivity contribution in [2.75, 3.05) is 26.4 Å². The van der Waals surface area contributed by atoms with Gasteiger partial charge in [0.15, 0.2) is 11.5 Å². The SMILES string of the molecule is O=C(NC1[C@@H]2CC3C[C@H]1CN(C3)C2)c1ccc2c(c1)OCO2. The van der Waals surface area contributed by atoms with Crippen LogP contribution in [0.2, 0.25) is 0 Å². The molecule has 5 heteroatoms. The van der Waals surface area contributed by atoms with Gasteiger partial charge < -0.3 is 19.7 Å². The minimum Gasteiger partial charge on any atom is -0.454 e. The number of nitrogens with zero attached hydrogens (tertiary/aromatic N) is 1. The second-order valence-corrected chi connectivity index (χ2v) is 7.14. The molecule has 5 atom stereocenters. The number of fused-ring (bicyclic) bond motifs is 1. The summed E-state index contributed by atoms with van der Waals surface area (Å²) in [5.74, 6) is 3.53. The van der Waals surface area contributed by atoms with Gasteiger partial charge in [-0.3, -0.25) is 4.79 Å². The van der Waals surface area contributed by atoms with Gasteiger partial charge in [-0.25, -0.2) is 0 Å². The molecule has 0 aromatic heterocycles. The van der Waals surface area contributed by atoms with Crippen LogP contribution in [0.4, 0.5) is 0 Å². The number of ether oxygens (including phenoxy) is 2. The molecule has 1 aliphatic carbocycles. The minimum absolute atomic E-state index is 0.0192. The molecule has 4 aliphatic heterocycles. The van der Waals surface area contributed by atoms with E-state index in [0.717, 1.165) is 24.8 Å². The molecule has 1 aromatic carbocycles. The molecule has 116 valence electrons. The van der Waals surface area contributed by atoms with Crippen molar-refractivity contribution in [1.29, 1.82) is 0 Å². The van der Waals surface area contributed by atoms with E-state index in [2.05, 4.69) is 10.2 Å². The predicted molar refractivity (Wildman–Crippen MR) is 80.0 cm³/mol. The molecule has 1 aromatic rings. The van der Waals surface area contributed by atoms with E-state index in [1.807, 2.05) is 12.1 Å². The van der Waals surface area contributed by atoms with Gasteiger partial charge in [0.1, 0.15) is 0 Å². The highest BCUT2D eigenvalue weighted by Gasteiger charge is 2.47. The summed E-state index contributed by atoms with van der Waals surface area (Å²) in [4.78, 5) is 15.2. The molecule has 3 unspecified atom stereocenters. The van der Waals surface area contributed by atoms with E-state index in [1.54, 1.807) is 6.07 Å². The van der Waals surface area contributed by atoms with Crippen molar-refractivity contribution in [3.05, 3.63) is 23.8 Å². The van der Waals surface area contributed by atoms with E-state index < -0.39 is 0 Å². The molecule has 1 amide bonds. The van der Waals surface area contributed by atoms with Crippen molar-refractivity contribution in [1.82, 2.24) is 10.2 Å². The van der Waals surface area contributed by atoms with Crippen molar-refractivity contribution < 1.29 is 14.3 Å². The number of hydrogen-bond donors (Lipinski definition) is 1. The summed E-state index contributed by atoms with van der Waals surface area (Å²) in [5.41, 5.74) is 0.665. The van der Waals surface area contributed by atoms with Gasteiger partial charge in [0.25, 0.3) is 5.91 Å². The summed E-state index contributed by atoms with van der Waals surface area (Å²) in [7, 11) is 0. The normalized spacial score (nSPS) is 37.4. The molecule has 4 bridgehead atoms. The lowest BCUT2D eigenvalue weighted by Gasteiger charge is -2.55. The van der Waals surface area contributed by atoms with E-state index in [9.17, 15) is 4.79 Å². The van der Waals surface area contributed by atoms with Crippen LogP contribution in [0.3, 0.4) is 0 Å². The molecule has 4 heterocycles. The molecule has 3 saturated heterocycles. The number of piperidine rings is 3. The zero-order valence-electron chi connectivity index (χ0n) is 12.5. The lowest BCUT2D eigenvalue weighted by molar-refractivity contribution is -0.0418. The Bertz CT molecular complexity index is 602. The Morgan fingerprint density at radius 3 is 2.64 bits per heavy atom. The Morgan fingerprint density at radius 2 is 1.86 bits per heavy atom. The van der Waals surface area contributed by atoms with E-state index in [1.165, 1.54) is 19.4 Å². The average Bonchev–Trinajstić information content (AvgIpc) is 2.97. The summed E-state index contributed by atoms with van der Waals surface area (Å²) >= 11 is 0. The van der Waals surface area contributed by atoms with Crippen molar-refractivity contribution in [3.8, 4) is 11.5 Å². The van der Waals surface area contributed by atoms with Gasteiger partial charge in [-0.05, 0) is 48.8 Å². The second kappa shape index (κ2) is 4.62. The van der Waals surface area contributed by atoms with Crippen LogP contribution in [-0.4, -0.2) is 43.3 Å². The molecule has 1 saturated carbocycles. The first-order valence-corrected chi connectivity index (χ1v) is 8.19. The van der Waals surface area contributed by atoms with Crippen LogP contribution >= 0.6 is 0 Å². The van der Waals surface area contributed by atoms with Crippen LogP contribution in [0.5, 0.6) is 11.5 Å². The van der Waals surface area contributed by atoms with Gasteiger partial charge in [0.05, 0.1) is 0 Å². The fraction of sp³-hybridized carbons (Fsp3) is 0.588. The first kappa shape index (κ1) is 12.8. The number of benzene rings is 1. The molecule has 5 aliphatic rings. The Balaban J connectivity index is 1.34. The quantitative estimate of drug-likeness (QED) is 0.899. The highest BCUT2D eigenvalue weighted by Crippen LogP contribution is 2.43. The van der Waals surface area contributed by atoms with Gasteiger partial charge in [-0.1, -0.05) is 0 Å². The standard InChI is InChI=1S/C17H20N2O3/c20-17(11-1-2-14-15(5-11)22-9-21-14)18-16-12-3-10-4-13(16)8-19(6-10)7-12/h1-2,5,10,12-13,16H,3-4,6-9H2,(H,18,20)/t10?,12-,13+,16?. The van der Waals surface area contributed by atoms with E-state index in [-0.39, 0.29) is 12.7 Å². The monoisotopic (exact) mass is 300 g/mol. The van der Waals surface area contributed by atoms with E-state index in [4.69, 9.17) is 9.47 Å². The Hall–Kier alpha value is -1.75. The molecule has 6 rings (SSSR count). The smallest absolute Gasteiger partial charge is 0.251 e. The van der Waals surface area contributed by atoms with Crippen LogP contribution in [0.1, 0.15) is 23.2 Å². The first-order valence-electron chi connectivity index (χ1n) is 8.19. The molecule has 1 N–H and O–H groups in total. The van der Waals surface area contributed by atoms with Crippen molar-refractivity contribution in [2.45, 2.75) is 18.9 Å². The van der Waals surface area contributed by atoms with E-state index in [0.29, 0.717) is 29.2 Å². The zero-order chi connectivity index (χ0) is 14.7. The predicted octanol–water partition coefficient (Wildman–Crippen LogP) is 1.49. The van der Waals surface area contributed by atoms with Crippen molar-refractivity contribution >= 4 is 5.91 Å². The maximum atomic E-state index is 12.6. The van der Waals surface area contributed by atoms with Gasteiger partial charge in [-0.15, -0.1) is 0 Å². The largest absolute Gasteiger partial charge is 0.454 e. The lowest BCUT2D eigenvalue weighted by atomic mass is 9.65. The topological polar surface area (TPSA) is 50.8 Å². The molecule has 4 fully saturated rings. The van der Waals surface area contributed by atoms with Crippen LogP contribution < -0.4 is 14.8 Å². The molecular weight excluding hydrogens is 280 g/mol. The van der Waals surface area contributed by atoms with Gasteiger partial charge in [0.2, 0.25) is 6.79 Å². The lowest BCUT2D eigenvalue weighted by Crippen LogP contribution is -2.64. The Kier molecular flexibility index (Phi) is 2.68. The third kappa shape index (κ3) is 1.92. The molecule has 5 nitrogen and oxygen atoms in total. The van der Waals surface area contributed by atoms with Crippen molar-refractivity contribution in [3.63, 3.8) is 0 Å². The third-order valence-corrected chi connectivity index (χ3v) is 5.72. The number of hydrogen-bond acceptors (Lipinski definition) is 4. The molecule has 0 radical (unpaired) electrons. The highest BCUT2D eigenvalue weighted by molar-refractivity contribution is 5.95. The molecule has 22 heavy (non-hydrogen) atoms. The van der Waals surface area contributed by atoms with E-state index >= 15 is 0 Å². The number of amides is 1. The van der Waals surface area contributed by atoms with Crippen LogP contribution in [0.25, 0.3) is 0 Å².